The lowest BCUT2D eigenvalue weighted by Crippen LogP contribution is -2.59. The van der Waals surface area contributed by atoms with Crippen molar-refractivity contribution in [2.24, 2.45) is 17.8 Å². The second kappa shape index (κ2) is 13.5. The van der Waals surface area contributed by atoms with Gasteiger partial charge in [0, 0.05) is 24.0 Å². The second-order valence-electron chi connectivity index (χ2n) is 12.4. The van der Waals surface area contributed by atoms with Crippen LogP contribution in [-0.4, -0.2) is 88.7 Å². The van der Waals surface area contributed by atoms with E-state index in [1.807, 2.05) is 63.3 Å². The van der Waals surface area contributed by atoms with Gasteiger partial charge in [-0.3, -0.25) is 19.2 Å². The van der Waals surface area contributed by atoms with Crippen LogP contribution in [0.1, 0.15) is 58.1 Å². The summed E-state index contributed by atoms with van der Waals surface area (Å²) in [6, 6.07) is 6.84. The van der Waals surface area contributed by atoms with Crippen molar-refractivity contribution < 1.29 is 33.8 Å². The van der Waals surface area contributed by atoms with E-state index >= 15 is 0 Å². The van der Waals surface area contributed by atoms with E-state index in [1.54, 1.807) is 11.0 Å². The smallest absolute Gasteiger partial charge is 0.306 e. The van der Waals surface area contributed by atoms with Crippen molar-refractivity contribution in [2.75, 3.05) is 26.3 Å². The van der Waals surface area contributed by atoms with Crippen LogP contribution in [0, 0.1) is 17.8 Å². The van der Waals surface area contributed by atoms with Gasteiger partial charge in [0.05, 0.1) is 30.5 Å². The quantitative estimate of drug-likeness (QED) is 0.337. The molecule has 4 heterocycles. The van der Waals surface area contributed by atoms with Gasteiger partial charge in [-0.05, 0) is 30.4 Å². The average molecular weight is 673 g/mol. The maximum atomic E-state index is 14.6. The number of hydrogen-bond acceptors (Lipinski definition) is 7. The van der Waals surface area contributed by atoms with Crippen LogP contribution >= 0.6 is 15.9 Å². The van der Waals surface area contributed by atoms with Crippen LogP contribution in [0.4, 0.5) is 0 Å². The Hall–Kier alpha value is -3.02. The number of cyclic esters (lactones) is 1. The number of rotatable bonds is 7. The summed E-state index contributed by atoms with van der Waals surface area (Å²) in [6.45, 7) is 6.18. The lowest BCUT2D eigenvalue weighted by Gasteiger charge is -2.40. The number of hydrogen-bond donors (Lipinski definition) is 2. The van der Waals surface area contributed by atoms with E-state index in [9.17, 15) is 24.3 Å². The molecular weight excluding hydrogens is 630 g/mol. The monoisotopic (exact) mass is 671 g/mol. The van der Waals surface area contributed by atoms with E-state index in [0.29, 0.717) is 17.4 Å². The number of unbranched alkanes of at least 4 members (excludes halogenated alkanes) is 1. The molecule has 11 heteroatoms. The SMILES string of the molecule is CCCCN1C/C=C\CCC(=O)OC[C@@H](c2ccccc2)NC(=O)[C@@H]2[C@H]3O[C@@]4(C=C3Br)[C@H](C1=O)N([C@@H](CO)C(C)C)C(=O)[C@@H]24. The van der Waals surface area contributed by atoms with Crippen LogP contribution in [-0.2, 0) is 28.7 Å². The van der Waals surface area contributed by atoms with Crippen LogP contribution in [0.25, 0.3) is 0 Å². The normalized spacial score (nSPS) is 32.4. The largest absolute Gasteiger partial charge is 0.463 e. The molecule has 44 heavy (non-hydrogen) atoms. The predicted molar refractivity (Wildman–Crippen MR) is 166 cm³/mol. The highest BCUT2D eigenvalue weighted by Gasteiger charge is 2.75. The summed E-state index contributed by atoms with van der Waals surface area (Å²) in [5.74, 6) is -3.59. The number of amides is 3. The number of nitrogens with zero attached hydrogens (tertiary/aromatic N) is 2. The number of benzene rings is 1. The molecule has 0 aliphatic carbocycles. The highest BCUT2D eigenvalue weighted by atomic mass is 79.9. The number of likely N-dealkylation sites (tertiary alicyclic amines) is 1. The Morgan fingerprint density at radius 3 is 2.55 bits per heavy atom. The highest BCUT2D eigenvalue weighted by molar-refractivity contribution is 9.11. The zero-order valence-electron chi connectivity index (χ0n) is 25.5. The van der Waals surface area contributed by atoms with Crippen LogP contribution in [0.5, 0.6) is 0 Å². The number of ether oxygens (including phenoxy) is 2. The zero-order valence-corrected chi connectivity index (χ0v) is 27.1. The van der Waals surface area contributed by atoms with E-state index < -0.39 is 53.5 Å². The van der Waals surface area contributed by atoms with Gasteiger partial charge < -0.3 is 29.7 Å². The number of carbonyl (C=O) groups is 4. The predicted octanol–water partition coefficient (Wildman–Crippen LogP) is 3.26. The van der Waals surface area contributed by atoms with Crippen LogP contribution in [0.15, 0.2) is 53.0 Å². The maximum absolute atomic E-state index is 14.6. The fraction of sp³-hybridized carbons (Fsp3) is 0.576. The number of aliphatic hydroxyl groups is 1. The lowest BCUT2D eigenvalue weighted by atomic mass is 9.74. The third-order valence-corrected chi connectivity index (χ3v) is 9.92. The fourth-order valence-electron chi connectivity index (χ4n) is 6.97. The van der Waals surface area contributed by atoms with Gasteiger partial charge in [-0.15, -0.1) is 0 Å². The van der Waals surface area contributed by atoms with E-state index in [0.717, 1.165) is 18.4 Å². The number of halogens is 1. The van der Waals surface area contributed by atoms with Crippen molar-refractivity contribution in [3.8, 4) is 0 Å². The van der Waals surface area contributed by atoms with Gasteiger partial charge in [0.15, 0.2) is 0 Å². The van der Waals surface area contributed by atoms with Crippen molar-refractivity contribution in [1.82, 2.24) is 15.1 Å². The molecule has 0 radical (unpaired) electrons. The Balaban J connectivity index is 1.61. The first-order valence-electron chi connectivity index (χ1n) is 15.6. The van der Waals surface area contributed by atoms with Crippen molar-refractivity contribution in [3.63, 3.8) is 0 Å². The Morgan fingerprint density at radius 2 is 1.86 bits per heavy atom. The summed E-state index contributed by atoms with van der Waals surface area (Å²) in [5.41, 5.74) is -0.641. The Morgan fingerprint density at radius 1 is 1.11 bits per heavy atom. The molecular formula is C33H42BrN3O7. The summed E-state index contributed by atoms with van der Waals surface area (Å²) in [6.07, 6.45) is 6.95. The molecule has 0 aromatic heterocycles. The first-order chi connectivity index (χ1) is 21.1. The third kappa shape index (κ3) is 5.86. The van der Waals surface area contributed by atoms with Crippen molar-refractivity contribution >= 4 is 39.6 Å². The van der Waals surface area contributed by atoms with Gasteiger partial charge in [0.1, 0.15) is 24.4 Å². The summed E-state index contributed by atoms with van der Waals surface area (Å²) in [4.78, 5) is 59.2. The van der Waals surface area contributed by atoms with Gasteiger partial charge in [-0.1, -0.05) is 85.6 Å². The Bertz CT molecular complexity index is 1320. The molecule has 0 saturated carbocycles. The molecule has 2 N–H and O–H groups in total. The number of aliphatic hydroxyl groups excluding tert-OH is 1. The molecule has 0 unspecified atom stereocenters. The molecule has 1 aromatic carbocycles. The summed E-state index contributed by atoms with van der Waals surface area (Å²) >= 11 is 3.60. The summed E-state index contributed by atoms with van der Waals surface area (Å²) < 4.78 is 12.8. The van der Waals surface area contributed by atoms with Gasteiger partial charge in [0.2, 0.25) is 17.7 Å². The minimum absolute atomic E-state index is 0.0741. The van der Waals surface area contributed by atoms with Crippen LogP contribution in [0.3, 0.4) is 0 Å². The Kier molecular flexibility index (Phi) is 9.96. The van der Waals surface area contributed by atoms with Gasteiger partial charge >= 0.3 is 5.97 Å². The van der Waals surface area contributed by atoms with Gasteiger partial charge in [0.25, 0.3) is 0 Å². The van der Waals surface area contributed by atoms with E-state index in [-0.39, 0.29) is 43.9 Å². The summed E-state index contributed by atoms with van der Waals surface area (Å²) in [7, 11) is 0. The molecule has 7 atom stereocenters. The summed E-state index contributed by atoms with van der Waals surface area (Å²) in [5, 5.41) is 13.5. The Labute approximate surface area is 266 Å². The number of esters is 1. The molecule has 2 saturated heterocycles. The van der Waals surface area contributed by atoms with Crippen molar-refractivity contribution in [3.05, 3.63) is 58.6 Å². The number of allylic oxidation sites excluding steroid dienone is 1. The standard InChI is InChI=1S/C33H42BrN3O7/c1-4-5-15-36-16-11-7-10-14-25(39)43-19-23(21-12-8-6-9-13-21)35-30(40)26-27-31(41)37(24(18-38)20(2)3)29(32(36)42)33(27)17-22(34)28(26)44-33/h6-9,11-13,17,20,23-24,26-29,38H,4-5,10,14-16,18-19H2,1-3H3,(H,35,40)/b11-7-/t23-,24-,26-,27+,28-,29-,33+/m0/s1. The molecule has 1 spiro atoms. The van der Waals surface area contributed by atoms with Crippen LogP contribution in [0.2, 0.25) is 0 Å². The number of carbonyl (C=O) groups excluding carboxylic acids is 4. The lowest BCUT2D eigenvalue weighted by molar-refractivity contribution is -0.151. The molecule has 1 aromatic rings. The number of fused-ring (bicyclic) bond motifs is 2. The average Bonchev–Trinajstić information content (AvgIpc) is 3.60. The maximum Gasteiger partial charge on any atom is 0.306 e. The van der Waals surface area contributed by atoms with Crippen molar-refractivity contribution in [2.45, 2.75) is 76.3 Å². The molecule has 10 nitrogen and oxygen atoms in total. The zero-order chi connectivity index (χ0) is 31.6. The minimum atomic E-state index is -1.39. The molecule has 3 amide bonds. The fourth-order valence-corrected chi connectivity index (χ4v) is 7.71. The molecule has 5 rings (SSSR count). The van der Waals surface area contributed by atoms with Gasteiger partial charge in [-0.2, -0.15) is 0 Å². The van der Waals surface area contributed by atoms with Crippen LogP contribution < -0.4 is 5.32 Å². The van der Waals surface area contributed by atoms with Gasteiger partial charge in [-0.25, -0.2) is 0 Å². The number of nitrogens with one attached hydrogen (secondary N) is 1. The molecule has 4 aliphatic rings. The second-order valence-corrected chi connectivity index (χ2v) is 13.3. The van der Waals surface area contributed by atoms with E-state index in [1.165, 1.54) is 4.90 Å². The molecule has 238 valence electrons. The first kappa shape index (κ1) is 32.4. The highest BCUT2D eigenvalue weighted by Crippen LogP contribution is 2.59. The molecule has 5 bridgehead atoms. The van der Waals surface area contributed by atoms with E-state index in [2.05, 4.69) is 21.2 Å². The minimum Gasteiger partial charge on any atom is -0.463 e. The molecule has 4 aliphatic heterocycles. The first-order valence-corrected chi connectivity index (χ1v) is 16.4. The topological polar surface area (TPSA) is 125 Å². The molecule has 2 fully saturated rings. The van der Waals surface area contributed by atoms with E-state index in [4.69, 9.17) is 9.47 Å². The third-order valence-electron chi connectivity index (χ3n) is 9.24. The van der Waals surface area contributed by atoms with Crippen molar-refractivity contribution in [1.29, 1.82) is 0 Å².